The van der Waals surface area contributed by atoms with Crippen molar-refractivity contribution >= 4 is 0 Å². The van der Waals surface area contributed by atoms with Crippen LogP contribution in [0.3, 0.4) is 0 Å². The lowest BCUT2D eigenvalue weighted by Gasteiger charge is -2.03. The molecule has 0 aromatic carbocycles. The number of hydrogen-bond acceptors (Lipinski definition) is 1. The van der Waals surface area contributed by atoms with E-state index in [0.717, 1.165) is 5.57 Å². The molecule has 0 unspecified atom stereocenters. The molecule has 0 aliphatic carbocycles. The number of hydrogen-bond donors (Lipinski definition) is 1. The Labute approximate surface area is 62.9 Å². The van der Waals surface area contributed by atoms with Gasteiger partial charge in [0.05, 0.1) is 0 Å². The normalized spacial score (nSPS) is 15.7. The predicted octanol–water partition coefficient (Wildman–Crippen LogP) is 2.02. The molecule has 0 aromatic heterocycles. The molecule has 1 heteroatoms. The first kappa shape index (κ1) is 9.18. The van der Waals surface area contributed by atoms with Gasteiger partial charge in [0, 0.05) is 6.04 Å². The van der Waals surface area contributed by atoms with Crippen LogP contribution in [0, 0.1) is 0 Å². The first-order chi connectivity index (χ1) is 4.72. The minimum absolute atomic E-state index is 0.00352. The van der Waals surface area contributed by atoms with Crippen molar-refractivity contribution in [3.63, 3.8) is 0 Å². The fourth-order valence-electron chi connectivity index (χ4n) is 0.545. The van der Waals surface area contributed by atoms with Crippen molar-refractivity contribution in [1.29, 1.82) is 0 Å². The van der Waals surface area contributed by atoms with Crippen molar-refractivity contribution in [2.75, 3.05) is 0 Å². The summed E-state index contributed by atoms with van der Waals surface area (Å²) in [5, 5.41) is 0. The highest BCUT2D eigenvalue weighted by Crippen LogP contribution is 1.98. The van der Waals surface area contributed by atoms with Crippen LogP contribution < -0.4 is 5.73 Å². The van der Waals surface area contributed by atoms with Gasteiger partial charge < -0.3 is 5.73 Å². The van der Waals surface area contributed by atoms with E-state index in [2.05, 4.69) is 6.58 Å². The lowest BCUT2D eigenvalue weighted by atomic mass is 10.1. The molecule has 0 rings (SSSR count). The molecule has 10 heavy (non-hydrogen) atoms. The first-order valence-corrected chi connectivity index (χ1v) is 3.40. The van der Waals surface area contributed by atoms with Crippen molar-refractivity contribution in [3.05, 3.63) is 36.5 Å². The zero-order chi connectivity index (χ0) is 7.98. The van der Waals surface area contributed by atoms with E-state index in [-0.39, 0.29) is 6.04 Å². The van der Waals surface area contributed by atoms with Gasteiger partial charge in [-0.1, -0.05) is 29.9 Å². The Morgan fingerprint density at radius 3 is 2.60 bits per heavy atom. The Kier molecular flexibility index (Phi) is 4.59. The average molecular weight is 137 g/mol. The topological polar surface area (TPSA) is 26.0 Å². The molecular formula is C9H15N. The maximum atomic E-state index is 5.64. The maximum Gasteiger partial charge on any atom is 0.0438 e. The Hall–Kier alpha value is -0.820. The van der Waals surface area contributed by atoms with Gasteiger partial charge in [0.1, 0.15) is 0 Å². The molecule has 0 aliphatic heterocycles. The summed E-state index contributed by atoms with van der Waals surface area (Å²) in [6.07, 6.45) is 7.67. The second-order valence-corrected chi connectivity index (χ2v) is 2.20. The molecule has 0 radical (unpaired) electrons. The molecule has 0 bridgehead atoms. The van der Waals surface area contributed by atoms with Crippen molar-refractivity contribution in [2.45, 2.75) is 19.9 Å². The van der Waals surface area contributed by atoms with Gasteiger partial charge in [-0.2, -0.15) is 0 Å². The summed E-state index contributed by atoms with van der Waals surface area (Å²) >= 11 is 0. The van der Waals surface area contributed by atoms with Crippen LogP contribution in [0.2, 0.25) is 0 Å². The minimum Gasteiger partial charge on any atom is -0.321 e. The summed E-state index contributed by atoms with van der Waals surface area (Å²) in [5.74, 6) is 0. The number of rotatable bonds is 3. The van der Waals surface area contributed by atoms with Gasteiger partial charge in [0.25, 0.3) is 0 Å². The zero-order valence-corrected chi connectivity index (χ0v) is 6.67. The van der Waals surface area contributed by atoms with Crippen molar-refractivity contribution < 1.29 is 0 Å². The van der Waals surface area contributed by atoms with Crippen LogP contribution in [0.25, 0.3) is 0 Å². The third kappa shape index (κ3) is 3.25. The molecule has 0 aliphatic rings. The molecule has 0 saturated heterocycles. The van der Waals surface area contributed by atoms with Crippen LogP contribution in [0.1, 0.15) is 13.8 Å². The number of allylic oxidation sites excluding steroid dienone is 3. The Balaban J connectivity index is 4.03. The molecule has 0 fully saturated rings. The molecule has 1 atom stereocenters. The van der Waals surface area contributed by atoms with Gasteiger partial charge in [-0.05, 0) is 13.8 Å². The van der Waals surface area contributed by atoms with Gasteiger partial charge in [0.15, 0.2) is 0 Å². The second kappa shape index (κ2) is 5.00. The summed E-state index contributed by atoms with van der Waals surface area (Å²) in [4.78, 5) is 0. The predicted molar refractivity (Wildman–Crippen MR) is 46.7 cm³/mol. The van der Waals surface area contributed by atoms with E-state index in [9.17, 15) is 0 Å². The summed E-state index contributed by atoms with van der Waals surface area (Å²) < 4.78 is 0. The van der Waals surface area contributed by atoms with Crippen LogP contribution in [0.5, 0.6) is 0 Å². The van der Waals surface area contributed by atoms with Crippen LogP contribution in [0.15, 0.2) is 36.5 Å². The van der Waals surface area contributed by atoms with Crippen molar-refractivity contribution in [3.8, 4) is 0 Å². The smallest absolute Gasteiger partial charge is 0.0438 e. The summed E-state index contributed by atoms with van der Waals surface area (Å²) in [7, 11) is 0. The van der Waals surface area contributed by atoms with Crippen LogP contribution in [-0.4, -0.2) is 6.04 Å². The van der Waals surface area contributed by atoms with Crippen molar-refractivity contribution in [1.82, 2.24) is 0 Å². The van der Waals surface area contributed by atoms with Gasteiger partial charge in [-0.3, -0.25) is 0 Å². The van der Waals surface area contributed by atoms with Gasteiger partial charge >= 0.3 is 0 Å². The lowest BCUT2D eigenvalue weighted by molar-refractivity contribution is 0.952. The second-order valence-electron chi connectivity index (χ2n) is 2.20. The molecule has 2 N–H and O–H groups in total. The summed E-state index contributed by atoms with van der Waals surface area (Å²) in [5.41, 5.74) is 6.77. The molecular weight excluding hydrogens is 122 g/mol. The van der Waals surface area contributed by atoms with E-state index in [1.54, 1.807) is 6.08 Å². The zero-order valence-electron chi connectivity index (χ0n) is 6.67. The minimum atomic E-state index is -0.00352. The third-order valence-corrected chi connectivity index (χ3v) is 1.33. The van der Waals surface area contributed by atoms with Crippen LogP contribution in [-0.2, 0) is 0 Å². The highest BCUT2D eigenvalue weighted by atomic mass is 14.6. The molecule has 0 spiro atoms. The molecule has 56 valence electrons. The maximum absolute atomic E-state index is 5.64. The Bertz CT molecular complexity index is 154. The fourth-order valence-corrected chi connectivity index (χ4v) is 0.545. The van der Waals surface area contributed by atoms with Crippen LogP contribution >= 0.6 is 0 Å². The van der Waals surface area contributed by atoms with Crippen molar-refractivity contribution in [2.24, 2.45) is 5.73 Å². The SMILES string of the molecule is C=C[C@H](N)/C(C)=C/C=C\C. The summed E-state index contributed by atoms with van der Waals surface area (Å²) in [6, 6.07) is -0.00352. The molecule has 1 nitrogen and oxygen atoms in total. The monoisotopic (exact) mass is 137 g/mol. The van der Waals surface area contributed by atoms with E-state index in [1.165, 1.54) is 0 Å². The third-order valence-electron chi connectivity index (χ3n) is 1.33. The standard InChI is InChI=1S/C9H15N/c1-4-6-7-8(3)9(10)5-2/h4-7,9H,2,10H2,1,3H3/b6-4-,8-7+/t9-/m0/s1. The molecule has 0 amide bonds. The average Bonchev–Trinajstić information content (AvgIpc) is 1.98. The summed E-state index contributed by atoms with van der Waals surface area (Å²) in [6.45, 7) is 7.57. The highest BCUT2D eigenvalue weighted by Gasteiger charge is 1.94. The van der Waals surface area contributed by atoms with Gasteiger partial charge in [0.2, 0.25) is 0 Å². The lowest BCUT2D eigenvalue weighted by Crippen LogP contribution is -2.17. The Morgan fingerprint density at radius 2 is 2.20 bits per heavy atom. The molecule has 0 heterocycles. The Morgan fingerprint density at radius 1 is 1.60 bits per heavy atom. The first-order valence-electron chi connectivity index (χ1n) is 3.40. The van der Waals surface area contributed by atoms with E-state index < -0.39 is 0 Å². The van der Waals surface area contributed by atoms with E-state index in [4.69, 9.17) is 5.73 Å². The van der Waals surface area contributed by atoms with E-state index >= 15 is 0 Å². The quantitative estimate of drug-likeness (QED) is 0.467. The van der Waals surface area contributed by atoms with Gasteiger partial charge in [-0.15, -0.1) is 6.58 Å². The van der Waals surface area contributed by atoms with E-state index in [1.807, 2.05) is 32.1 Å². The number of nitrogens with two attached hydrogens (primary N) is 1. The largest absolute Gasteiger partial charge is 0.321 e. The molecule has 0 saturated carbocycles. The highest BCUT2D eigenvalue weighted by molar-refractivity contribution is 5.18. The van der Waals surface area contributed by atoms with Gasteiger partial charge in [-0.25, -0.2) is 0 Å². The van der Waals surface area contributed by atoms with E-state index in [0.29, 0.717) is 0 Å². The fraction of sp³-hybridized carbons (Fsp3) is 0.333. The van der Waals surface area contributed by atoms with Crippen LogP contribution in [0.4, 0.5) is 0 Å². The molecule has 0 aromatic rings.